The predicted octanol–water partition coefficient (Wildman–Crippen LogP) is 2.20. The van der Waals surface area contributed by atoms with Crippen LogP contribution in [-0.4, -0.2) is 51.6 Å². The number of morpholine rings is 1. The minimum absolute atomic E-state index is 0.124. The van der Waals surface area contributed by atoms with E-state index < -0.39 is 16.1 Å². The fourth-order valence-corrected chi connectivity index (χ4v) is 4.36. The summed E-state index contributed by atoms with van der Waals surface area (Å²) in [6, 6.07) is 14.8. The van der Waals surface area contributed by atoms with Gasteiger partial charge in [0.15, 0.2) is 0 Å². The molecule has 1 aliphatic rings. The number of halogens is 1. The number of rotatable bonds is 6. The van der Waals surface area contributed by atoms with Crippen molar-refractivity contribution in [1.29, 1.82) is 0 Å². The van der Waals surface area contributed by atoms with E-state index in [1.807, 2.05) is 30.3 Å². The van der Waals surface area contributed by atoms with Gasteiger partial charge in [-0.25, -0.2) is 8.42 Å². The van der Waals surface area contributed by atoms with Crippen LogP contribution >= 0.6 is 15.9 Å². The van der Waals surface area contributed by atoms with Crippen molar-refractivity contribution < 1.29 is 17.9 Å². The van der Waals surface area contributed by atoms with Gasteiger partial charge in [0.1, 0.15) is 6.04 Å². The van der Waals surface area contributed by atoms with Gasteiger partial charge in [-0.3, -0.25) is 4.79 Å². The molecule has 144 valence electrons. The molecule has 0 aliphatic carbocycles. The molecule has 8 heteroatoms. The average Bonchev–Trinajstić information content (AvgIpc) is 2.68. The predicted molar refractivity (Wildman–Crippen MR) is 106 cm³/mol. The molecule has 0 aromatic heterocycles. The van der Waals surface area contributed by atoms with E-state index in [1.54, 1.807) is 17.0 Å². The van der Waals surface area contributed by atoms with Gasteiger partial charge in [-0.15, -0.1) is 0 Å². The van der Waals surface area contributed by atoms with Crippen LogP contribution < -0.4 is 4.72 Å². The number of carbonyl (C=O) groups is 1. The number of hydrogen-bond donors (Lipinski definition) is 1. The van der Waals surface area contributed by atoms with E-state index in [1.165, 1.54) is 12.1 Å². The zero-order valence-electron chi connectivity index (χ0n) is 14.7. The number of carbonyl (C=O) groups excluding carboxylic acids is 1. The lowest BCUT2D eigenvalue weighted by atomic mass is 10.1. The molecule has 1 amide bonds. The first-order chi connectivity index (χ1) is 13.0. The van der Waals surface area contributed by atoms with Gasteiger partial charge in [-0.05, 0) is 36.2 Å². The molecular formula is C19H21BrN2O4S. The van der Waals surface area contributed by atoms with E-state index in [2.05, 4.69) is 20.7 Å². The molecule has 2 aromatic carbocycles. The van der Waals surface area contributed by atoms with Crippen LogP contribution in [0.5, 0.6) is 0 Å². The summed E-state index contributed by atoms with van der Waals surface area (Å²) in [5.41, 5.74) is 0.891. The van der Waals surface area contributed by atoms with Gasteiger partial charge in [-0.1, -0.05) is 46.3 Å². The summed E-state index contributed by atoms with van der Waals surface area (Å²) in [4.78, 5) is 14.8. The van der Waals surface area contributed by atoms with E-state index in [9.17, 15) is 13.2 Å². The lowest BCUT2D eigenvalue weighted by molar-refractivity contribution is -0.137. The molecular weight excluding hydrogens is 432 g/mol. The summed E-state index contributed by atoms with van der Waals surface area (Å²) in [5, 5.41) is 0. The zero-order valence-corrected chi connectivity index (χ0v) is 17.1. The highest BCUT2D eigenvalue weighted by Crippen LogP contribution is 2.16. The molecule has 3 rings (SSSR count). The largest absolute Gasteiger partial charge is 0.378 e. The average molecular weight is 453 g/mol. The summed E-state index contributed by atoms with van der Waals surface area (Å²) in [6.07, 6.45) is 0.285. The Kier molecular flexibility index (Phi) is 6.64. The maximum absolute atomic E-state index is 13.0. The smallest absolute Gasteiger partial charge is 0.241 e. The van der Waals surface area contributed by atoms with Crippen molar-refractivity contribution in [3.05, 3.63) is 64.6 Å². The Balaban J connectivity index is 1.84. The molecule has 1 N–H and O–H groups in total. The Morgan fingerprint density at radius 3 is 2.33 bits per heavy atom. The topological polar surface area (TPSA) is 75.7 Å². The van der Waals surface area contributed by atoms with Crippen LogP contribution in [0.15, 0.2) is 64.0 Å². The second kappa shape index (κ2) is 8.97. The third-order valence-electron chi connectivity index (χ3n) is 4.32. The standard InChI is InChI=1S/C19H21BrN2O4S/c20-16-6-8-17(9-7-16)27(24,25)21-18(14-15-4-2-1-3-5-15)19(23)22-10-12-26-13-11-22/h1-9,18,21H,10-14H2/t18-/m1/s1. The molecule has 0 bridgehead atoms. The van der Waals surface area contributed by atoms with E-state index in [0.29, 0.717) is 26.3 Å². The molecule has 1 atom stereocenters. The van der Waals surface area contributed by atoms with Crippen LogP contribution in [0.4, 0.5) is 0 Å². The van der Waals surface area contributed by atoms with Crippen molar-refractivity contribution in [2.24, 2.45) is 0 Å². The summed E-state index contributed by atoms with van der Waals surface area (Å²) in [7, 11) is -3.83. The molecule has 1 saturated heterocycles. The number of nitrogens with zero attached hydrogens (tertiary/aromatic N) is 1. The number of amides is 1. The minimum Gasteiger partial charge on any atom is -0.378 e. The molecule has 6 nitrogen and oxygen atoms in total. The van der Waals surface area contributed by atoms with Gasteiger partial charge in [0, 0.05) is 17.6 Å². The fourth-order valence-electron chi connectivity index (χ4n) is 2.90. The second-order valence-electron chi connectivity index (χ2n) is 6.26. The van der Waals surface area contributed by atoms with Crippen LogP contribution in [0.3, 0.4) is 0 Å². The monoisotopic (exact) mass is 452 g/mol. The van der Waals surface area contributed by atoms with Crippen molar-refractivity contribution >= 4 is 31.9 Å². The highest BCUT2D eigenvalue weighted by Gasteiger charge is 2.30. The number of sulfonamides is 1. The maximum Gasteiger partial charge on any atom is 0.241 e. The summed E-state index contributed by atoms with van der Waals surface area (Å²) in [6.45, 7) is 1.85. The highest BCUT2D eigenvalue weighted by molar-refractivity contribution is 9.10. The van der Waals surface area contributed by atoms with Gasteiger partial charge in [-0.2, -0.15) is 4.72 Å². The molecule has 0 unspecified atom stereocenters. The Bertz CT molecular complexity index is 866. The molecule has 2 aromatic rings. The van der Waals surface area contributed by atoms with Crippen molar-refractivity contribution in [3.8, 4) is 0 Å². The molecule has 0 saturated carbocycles. The summed E-state index contributed by atoms with van der Waals surface area (Å²) < 4.78 is 34.3. The normalized spacial score (nSPS) is 16.1. The first-order valence-corrected chi connectivity index (χ1v) is 10.9. The van der Waals surface area contributed by atoms with Gasteiger partial charge in [0.2, 0.25) is 15.9 Å². The first-order valence-electron chi connectivity index (χ1n) is 8.64. The molecule has 1 heterocycles. The van der Waals surface area contributed by atoms with E-state index >= 15 is 0 Å². The minimum atomic E-state index is -3.83. The van der Waals surface area contributed by atoms with E-state index in [0.717, 1.165) is 10.0 Å². The summed E-state index contributed by atoms with van der Waals surface area (Å²) in [5.74, 6) is -0.233. The Morgan fingerprint density at radius 2 is 1.70 bits per heavy atom. The third kappa shape index (κ3) is 5.38. The van der Waals surface area contributed by atoms with Crippen LogP contribution in [0, 0.1) is 0 Å². The van der Waals surface area contributed by atoms with Crippen LogP contribution in [0.25, 0.3) is 0 Å². The van der Waals surface area contributed by atoms with Gasteiger partial charge < -0.3 is 9.64 Å². The van der Waals surface area contributed by atoms with Crippen LogP contribution in [0.1, 0.15) is 5.56 Å². The van der Waals surface area contributed by atoms with Crippen LogP contribution in [0.2, 0.25) is 0 Å². The van der Waals surface area contributed by atoms with Crippen molar-refractivity contribution in [2.75, 3.05) is 26.3 Å². The fraction of sp³-hybridized carbons (Fsp3) is 0.316. The molecule has 27 heavy (non-hydrogen) atoms. The van der Waals surface area contributed by atoms with Crippen LogP contribution in [-0.2, 0) is 26.0 Å². The highest BCUT2D eigenvalue weighted by atomic mass is 79.9. The lowest BCUT2D eigenvalue weighted by Crippen LogP contribution is -2.52. The SMILES string of the molecule is O=C([C@@H](Cc1ccccc1)NS(=O)(=O)c1ccc(Br)cc1)N1CCOCC1. The zero-order chi connectivity index (χ0) is 19.3. The van der Waals surface area contributed by atoms with Gasteiger partial charge in [0.05, 0.1) is 18.1 Å². The molecule has 0 radical (unpaired) electrons. The lowest BCUT2D eigenvalue weighted by Gasteiger charge is -2.30. The van der Waals surface area contributed by atoms with Gasteiger partial charge in [0.25, 0.3) is 0 Å². The Hall–Kier alpha value is -1.74. The number of ether oxygens (including phenoxy) is 1. The van der Waals surface area contributed by atoms with Gasteiger partial charge >= 0.3 is 0 Å². The van der Waals surface area contributed by atoms with Crippen molar-refractivity contribution in [3.63, 3.8) is 0 Å². The Morgan fingerprint density at radius 1 is 1.07 bits per heavy atom. The van der Waals surface area contributed by atoms with Crippen molar-refractivity contribution in [1.82, 2.24) is 9.62 Å². The Labute approximate surface area is 167 Å². The van der Waals surface area contributed by atoms with E-state index in [-0.39, 0.29) is 17.2 Å². The number of benzene rings is 2. The number of hydrogen-bond acceptors (Lipinski definition) is 4. The number of nitrogens with one attached hydrogen (secondary N) is 1. The maximum atomic E-state index is 13.0. The molecule has 0 spiro atoms. The third-order valence-corrected chi connectivity index (χ3v) is 6.34. The molecule has 1 aliphatic heterocycles. The quantitative estimate of drug-likeness (QED) is 0.728. The summed E-state index contributed by atoms with van der Waals surface area (Å²) >= 11 is 3.29. The van der Waals surface area contributed by atoms with Crippen molar-refractivity contribution in [2.45, 2.75) is 17.4 Å². The second-order valence-corrected chi connectivity index (χ2v) is 8.88. The van der Waals surface area contributed by atoms with E-state index in [4.69, 9.17) is 4.74 Å². The molecule has 1 fully saturated rings. The first kappa shape index (κ1) is 20.0.